The summed E-state index contributed by atoms with van der Waals surface area (Å²) in [5.74, 6) is -3.68. The van der Waals surface area contributed by atoms with Crippen LogP contribution < -0.4 is 5.32 Å². The lowest BCUT2D eigenvalue weighted by molar-refractivity contribution is -0.161. The van der Waals surface area contributed by atoms with Crippen LogP contribution in [-0.2, 0) is 26.7 Å². The van der Waals surface area contributed by atoms with Gasteiger partial charge in [-0.05, 0) is 11.1 Å². The Bertz CT molecular complexity index is 512. The van der Waals surface area contributed by atoms with Gasteiger partial charge in [-0.1, -0.05) is 24.3 Å². The molecule has 108 valence electrons. The van der Waals surface area contributed by atoms with Gasteiger partial charge in [-0.25, -0.2) is 9.59 Å². The summed E-state index contributed by atoms with van der Waals surface area (Å²) in [6.07, 6.45) is -0.361. The molecule has 0 heterocycles. The van der Waals surface area contributed by atoms with Crippen molar-refractivity contribution < 1.29 is 24.6 Å². The van der Waals surface area contributed by atoms with Gasteiger partial charge in [-0.3, -0.25) is 4.79 Å². The fourth-order valence-electron chi connectivity index (χ4n) is 1.75. The van der Waals surface area contributed by atoms with Crippen LogP contribution in [0.5, 0.6) is 0 Å². The molecule has 1 amide bonds. The van der Waals surface area contributed by atoms with Crippen molar-refractivity contribution in [1.82, 2.24) is 5.32 Å². The van der Waals surface area contributed by atoms with Crippen LogP contribution in [0.4, 0.5) is 0 Å². The third kappa shape index (κ3) is 3.48. The number of rotatable bonds is 6. The number of benzene rings is 1. The number of hydrogen-bond donors (Lipinski definition) is 3. The predicted molar refractivity (Wildman–Crippen MR) is 71.5 cm³/mol. The number of carboxylic acid groups (broad SMARTS) is 2. The Morgan fingerprint density at radius 3 is 1.90 bits per heavy atom. The molecule has 0 saturated heterocycles. The summed E-state index contributed by atoms with van der Waals surface area (Å²) in [4.78, 5) is 33.7. The maximum absolute atomic E-state index is 11.3. The highest BCUT2D eigenvalue weighted by Gasteiger charge is 2.47. The van der Waals surface area contributed by atoms with Crippen molar-refractivity contribution in [1.29, 1.82) is 0 Å². The molecule has 0 aliphatic rings. The molecule has 0 aliphatic heterocycles. The molecule has 0 atom stereocenters. The van der Waals surface area contributed by atoms with Crippen molar-refractivity contribution in [2.45, 2.75) is 24.8 Å². The molecule has 6 nitrogen and oxygen atoms in total. The number of carboxylic acids is 2. The number of hydrogen-bond acceptors (Lipinski definition) is 3. The molecule has 0 radical (unpaired) electrons. The fraction of sp³-hybridized carbons (Fsp3) is 0.308. The van der Waals surface area contributed by atoms with Crippen LogP contribution in [0, 0.1) is 0 Å². The maximum Gasteiger partial charge on any atom is 0.341 e. The highest BCUT2D eigenvalue weighted by atomic mass is 35.5. The van der Waals surface area contributed by atoms with Crippen LogP contribution in [0.2, 0.25) is 0 Å². The summed E-state index contributed by atoms with van der Waals surface area (Å²) in [7, 11) is 0. The van der Waals surface area contributed by atoms with Gasteiger partial charge in [0.25, 0.3) is 0 Å². The van der Waals surface area contributed by atoms with E-state index in [4.69, 9.17) is 11.6 Å². The Morgan fingerprint density at radius 1 is 1.10 bits per heavy atom. The van der Waals surface area contributed by atoms with Gasteiger partial charge in [0.05, 0.1) is 0 Å². The van der Waals surface area contributed by atoms with E-state index >= 15 is 0 Å². The normalized spacial score (nSPS) is 10.9. The van der Waals surface area contributed by atoms with Crippen LogP contribution in [0.15, 0.2) is 24.3 Å². The van der Waals surface area contributed by atoms with Gasteiger partial charge >= 0.3 is 11.9 Å². The lowest BCUT2D eigenvalue weighted by atomic mass is 9.90. The molecule has 0 aliphatic carbocycles. The number of carbonyl (C=O) groups is 3. The van der Waals surface area contributed by atoms with E-state index in [0.717, 1.165) is 12.5 Å². The van der Waals surface area contributed by atoms with Crippen molar-refractivity contribution in [3.8, 4) is 0 Å². The van der Waals surface area contributed by atoms with E-state index in [-0.39, 0.29) is 6.42 Å². The third-order valence-corrected chi connectivity index (χ3v) is 3.07. The molecular weight excluding hydrogens is 286 g/mol. The Kier molecular flexibility index (Phi) is 5.10. The zero-order valence-electron chi connectivity index (χ0n) is 10.7. The van der Waals surface area contributed by atoms with E-state index in [0.29, 0.717) is 11.4 Å². The summed E-state index contributed by atoms with van der Waals surface area (Å²) in [5.41, 5.74) is -1.09. The zero-order chi connectivity index (χ0) is 15.3. The first-order chi connectivity index (χ1) is 9.31. The highest BCUT2D eigenvalue weighted by Crippen LogP contribution is 2.17. The van der Waals surface area contributed by atoms with Crippen LogP contribution in [0.1, 0.15) is 18.1 Å². The molecule has 1 aromatic carbocycles. The summed E-state index contributed by atoms with van der Waals surface area (Å²) >= 11 is 5.64. The number of halogens is 1. The minimum atomic E-state index is -2.38. The Balaban J connectivity index is 3.13. The molecule has 0 aromatic heterocycles. The predicted octanol–water partition coefficient (Wildman–Crippen LogP) is 1.01. The van der Waals surface area contributed by atoms with Gasteiger partial charge < -0.3 is 15.5 Å². The zero-order valence-corrected chi connectivity index (χ0v) is 11.5. The molecule has 0 unspecified atom stereocenters. The summed E-state index contributed by atoms with van der Waals surface area (Å²) in [6, 6.07) is 6.51. The second-order valence-corrected chi connectivity index (χ2v) is 4.59. The van der Waals surface area contributed by atoms with Crippen molar-refractivity contribution in [2.24, 2.45) is 0 Å². The van der Waals surface area contributed by atoms with Crippen LogP contribution in [-0.4, -0.2) is 33.6 Å². The van der Waals surface area contributed by atoms with Crippen molar-refractivity contribution in [3.63, 3.8) is 0 Å². The van der Waals surface area contributed by atoms with Gasteiger partial charge in [0, 0.05) is 19.2 Å². The lowest BCUT2D eigenvalue weighted by Gasteiger charge is -2.25. The van der Waals surface area contributed by atoms with Gasteiger partial charge in [0.1, 0.15) is 0 Å². The molecule has 0 saturated carbocycles. The third-order valence-electron chi connectivity index (χ3n) is 2.77. The molecule has 1 aromatic rings. The van der Waals surface area contributed by atoms with E-state index in [9.17, 15) is 24.6 Å². The Hall–Kier alpha value is -2.08. The van der Waals surface area contributed by atoms with E-state index in [1.165, 1.54) is 0 Å². The molecule has 0 fully saturated rings. The number of nitrogens with one attached hydrogen (secondary N) is 1. The largest absolute Gasteiger partial charge is 0.479 e. The van der Waals surface area contributed by atoms with Crippen molar-refractivity contribution >= 4 is 29.4 Å². The molecule has 20 heavy (non-hydrogen) atoms. The maximum atomic E-state index is 11.3. The quantitative estimate of drug-likeness (QED) is 0.537. The van der Waals surface area contributed by atoms with E-state index < -0.39 is 23.4 Å². The van der Waals surface area contributed by atoms with E-state index in [2.05, 4.69) is 0 Å². The standard InChI is InChI=1S/C13H14ClNO5/c1-8(16)15-13(11(17)18,12(19)20)6-9-2-4-10(7-14)5-3-9/h2-5H,6-7H2,1H3,(H,15,16)(H,17,18)(H,19,20). The van der Waals surface area contributed by atoms with E-state index in [1.54, 1.807) is 24.3 Å². The minimum Gasteiger partial charge on any atom is -0.479 e. The van der Waals surface area contributed by atoms with Gasteiger partial charge in [-0.15, -0.1) is 11.6 Å². The van der Waals surface area contributed by atoms with Crippen LogP contribution >= 0.6 is 11.6 Å². The highest BCUT2D eigenvalue weighted by molar-refractivity contribution is 6.17. The Labute approximate surface area is 120 Å². The second-order valence-electron chi connectivity index (χ2n) is 4.32. The number of amides is 1. The van der Waals surface area contributed by atoms with Gasteiger partial charge in [-0.2, -0.15) is 0 Å². The van der Waals surface area contributed by atoms with Crippen molar-refractivity contribution in [2.75, 3.05) is 0 Å². The van der Waals surface area contributed by atoms with Gasteiger partial charge in [0.15, 0.2) is 0 Å². The van der Waals surface area contributed by atoms with Crippen LogP contribution in [0.3, 0.4) is 0 Å². The SMILES string of the molecule is CC(=O)NC(Cc1ccc(CCl)cc1)(C(=O)O)C(=O)O. The van der Waals surface area contributed by atoms with E-state index in [1.807, 2.05) is 5.32 Å². The van der Waals surface area contributed by atoms with Crippen LogP contribution in [0.25, 0.3) is 0 Å². The van der Waals surface area contributed by atoms with Gasteiger partial charge in [0.2, 0.25) is 11.4 Å². The molecular formula is C13H14ClNO5. The summed E-state index contributed by atoms with van der Waals surface area (Å²) in [6.45, 7) is 1.07. The minimum absolute atomic E-state index is 0.301. The molecule has 0 spiro atoms. The first-order valence-corrected chi connectivity index (χ1v) is 6.24. The topological polar surface area (TPSA) is 104 Å². The van der Waals surface area contributed by atoms with Crippen molar-refractivity contribution in [3.05, 3.63) is 35.4 Å². The monoisotopic (exact) mass is 299 g/mol. The number of alkyl halides is 1. The second kappa shape index (κ2) is 6.38. The number of aliphatic carboxylic acids is 2. The average Bonchev–Trinajstić information content (AvgIpc) is 2.37. The Morgan fingerprint density at radius 2 is 1.55 bits per heavy atom. The summed E-state index contributed by atoms with van der Waals surface area (Å²) in [5, 5.41) is 20.4. The molecule has 3 N–H and O–H groups in total. The summed E-state index contributed by atoms with van der Waals surface area (Å²) < 4.78 is 0. The molecule has 1 rings (SSSR count). The molecule has 0 bridgehead atoms. The lowest BCUT2D eigenvalue weighted by Crippen LogP contribution is -2.61. The first kappa shape index (κ1) is 16.0. The smallest absolute Gasteiger partial charge is 0.341 e. The first-order valence-electron chi connectivity index (χ1n) is 5.71. The number of carbonyl (C=O) groups excluding carboxylic acids is 1. The fourth-order valence-corrected chi connectivity index (χ4v) is 1.92. The average molecular weight is 300 g/mol. The molecule has 7 heteroatoms.